The Kier molecular flexibility index (Phi) is 4.88. The standard InChI is InChI=1S/C11H10BrNO2/c12-7-6-11(15)13-8-10(14)9-4-2-1-3-5-9/h1-5,10,14H,8H2,(H,13,15). The van der Waals surface area contributed by atoms with Gasteiger partial charge in [0.05, 0.1) is 6.10 Å². The van der Waals surface area contributed by atoms with E-state index in [-0.39, 0.29) is 6.54 Å². The van der Waals surface area contributed by atoms with E-state index >= 15 is 0 Å². The lowest BCUT2D eigenvalue weighted by atomic mass is 10.1. The van der Waals surface area contributed by atoms with Crippen molar-refractivity contribution in [3.63, 3.8) is 0 Å². The molecular formula is C11H10BrNO2. The van der Waals surface area contributed by atoms with E-state index in [1.54, 1.807) is 12.1 Å². The maximum absolute atomic E-state index is 11.0. The Morgan fingerprint density at radius 1 is 1.47 bits per heavy atom. The summed E-state index contributed by atoms with van der Waals surface area (Å²) < 4.78 is 0. The van der Waals surface area contributed by atoms with Gasteiger partial charge in [0.25, 0.3) is 5.91 Å². The van der Waals surface area contributed by atoms with E-state index in [1.807, 2.05) is 18.2 Å². The van der Waals surface area contributed by atoms with Crippen molar-refractivity contribution in [3.05, 3.63) is 35.9 Å². The number of amides is 1. The fourth-order valence-corrected chi connectivity index (χ4v) is 1.25. The van der Waals surface area contributed by atoms with Crippen molar-refractivity contribution in [2.45, 2.75) is 6.10 Å². The van der Waals surface area contributed by atoms with E-state index in [0.29, 0.717) is 0 Å². The van der Waals surface area contributed by atoms with Gasteiger partial charge in [-0.05, 0) is 10.4 Å². The Balaban J connectivity index is 2.46. The molecule has 0 heterocycles. The second-order valence-electron chi connectivity index (χ2n) is 2.86. The third-order valence-corrected chi connectivity index (χ3v) is 2.00. The summed E-state index contributed by atoms with van der Waals surface area (Å²) in [6.45, 7) is 0.157. The Bertz CT molecular complexity index is 381. The van der Waals surface area contributed by atoms with E-state index in [4.69, 9.17) is 0 Å². The summed E-state index contributed by atoms with van der Waals surface area (Å²) in [6, 6.07) is 9.13. The van der Waals surface area contributed by atoms with Crippen LogP contribution >= 0.6 is 15.9 Å². The molecule has 0 fully saturated rings. The first-order chi connectivity index (χ1) is 7.24. The number of rotatable bonds is 3. The number of benzene rings is 1. The van der Waals surface area contributed by atoms with Gasteiger partial charge in [-0.15, -0.1) is 0 Å². The molecule has 0 aliphatic heterocycles. The number of hydrogen-bond donors (Lipinski definition) is 2. The number of carbonyl (C=O) groups excluding carboxylic acids is 1. The highest BCUT2D eigenvalue weighted by Gasteiger charge is 2.07. The number of halogens is 1. The summed E-state index contributed by atoms with van der Waals surface area (Å²) in [5.41, 5.74) is 0.768. The molecule has 4 heteroatoms. The van der Waals surface area contributed by atoms with Gasteiger partial charge in [0.15, 0.2) is 0 Å². The lowest BCUT2D eigenvalue weighted by molar-refractivity contribution is -0.116. The number of hydrogen-bond acceptors (Lipinski definition) is 2. The van der Waals surface area contributed by atoms with E-state index in [2.05, 4.69) is 32.0 Å². The average molecular weight is 268 g/mol. The monoisotopic (exact) mass is 267 g/mol. The topological polar surface area (TPSA) is 49.3 Å². The number of carbonyl (C=O) groups is 1. The van der Waals surface area contributed by atoms with Crippen molar-refractivity contribution < 1.29 is 9.90 Å². The van der Waals surface area contributed by atoms with Crippen LogP contribution in [0, 0.1) is 10.8 Å². The Morgan fingerprint density at radius 3 is 2.73 bits per heavy atom. The first-order valence-electron chi connectivity index (χ1n) is 4.36. The maximum atomic E-state index is 11.0. The fourth-order valence-electron chi connectivity index (χ4n) is 1.07. The zero-order valence-corrected chi connectivity index (χ0v) is 9.49. The highest BCUT2D eigenvalue weighted by atomic mass is 79.9. The Morgan fingerprint density at radius 2 is 2.13 bits per heavy atom. The molecule has 15 heavy (non-hydrogen) atoms. The smallest absolute Gasteiger partial charge is 0.296 e. The van der Waals surface area contributed by atoms with Gasteiger partial charge in [-0.2, -0.15) is 0 Å². The first-order valence-corrected chi connectivity index (χ1v) is 5.16. The minimum Gasteiger partial charge on any atom is -0.387 e. The summed E-state index contributed by atoms with van der Waals surface area (Å²) in [6.07, 6.45) is -0.702. The van der Waals surface area contributed by atoms with Crippen LogP contribution in [-0.4, -0.2) is 17.6 Å². The fraction of sp³-hybridized carbons (Fsp3) is 0.182. The van der Waals surface area contributed by atoms with E-state index in [1.165, 1.54) is 0 Å². The molecule has 0 bridgehead atoms. The summed E-state index contributed by atoms with van der Waals surface area (Å²) >= 11 is 2.82. The molecule has 0 spiro atoms. The minimum atomic E-state index is -0.702. The van der Waals surface area contributed by atoms with Crippen LogP contribution in [0.25, 0.3) is 0 Å². The normalized spacial score (nSPS) is 11.1. The summed E-state index contributed by atoms with van der Waals surface area (Å²) in [5.74, 6) is 1.84. The zero-order valence-electron chi connectivity index (χ0n) is 7.90. The molecule has 3 nitrogen and oxygen atoms in total. The van der Waals surface area contributed by atoms with Gasteiger partial charge in [-0.1, -0.05) is 30.3 Å². The molecule has 1 aromatic carbocycles. The molecule has 1 aromatic rings. The molecule has 0 aliphatic carbocycles. The maximum Gasteiger partial charge on any atom is 0.296 e. The molecule has 0 aromatic heterocycles. The predicted molar refractivity (Wildman–Crippen MR) is 61.1 cm³/mol. The minimum absolute atomic E-state index is 0.157. The molecule has 1 rings (SSSR count). The van der Waals surface area contributed by atoms with Gasteiger partial charge in [0.2, 0.25) is 0 Å². The van der Waals surface area contributed by atoms with Gasteiger partial charge >= 0.3 is 0 Å². The summed E-state index contributed by atoms with van der Waals surface area (Å²) in [7, 11) is 0. The highest BCUT2D eigenvalue weighted by molar-refractivity contribution is 9.12. The highest BCUT2D eigenvalue weighted by Crippen LogP contribution is 2.10. The molecule has 1 atom stereocenters. The van der Waals surface area contributed by atoms with Gasteiger partial charge in [0, 0.05) is 28.4 Å². The Hall–Kier alpha value is -1.31. The van der Waals surface area contributed by atoms with Crippen LogP contribution in [0.15, 0.2) is 30.3 Å². The molecule has 0 radical (unpaired) electrons. The van der Waals surface area contributed by atoms with Gasteiger partial charge in [-0.3, -0.25) is 4.79 Å². The van der Waals surface area contributed by atoms with Crippen molar-refractivity contribution in [2.75, 3.05) is 6.54 Å². The van der Waals surface area contributed by atoms with Gasteiger partial charge in [-0.25, -0.2) is 0 Å². The molecule has 78 valence electrons. The quantitative estimate of drug-likeness (QED) is 0.809. The first kappa shape index (κ1) is 11.8. The summed E-state index contributed by atoms with van der Waals surface area (Å²) in [4.78, 5) is 13.3. The molecular weight excluding hydrogens is 258 g/mol. The SMILES string of the molecule is O=C(C#CBr)NCC(O)c1ccccc1. The van der Waals surface area contributed by atoms with Crippen molar-refractivity contribution >= 4 is 21.8 Å². The number of aliphatic hydroxyl groups is 1. The molecule has 0 saturated heterocycles. The van der Waals surface area contributed by atoms with Crippen molar-refractivity contribution in [2.24, 2.45) is 0 Å². The van der Waals surface area contributed by atoms with Crippen LogP contribution in [-0.2, 0) is 4.79 Å². The van der Waals surface area contributed by atoms with Crippen LogP contribution in [0.3, 0.4) is 0 Å². The lowest BCUT2D eigenvalue weighted by Crippen LogP contribution is -2.26. The molecule has 1 amide bonds. The zero-order chi connectivity index (χ0) is 11.1. The molecule has 1 unspecified atom stereocenters. The van der Waals surface area contributed by atoms with Crippen LogP contribution in [0.1, 0.15) is 11.7 Å². The van der Waals surface area contributed by atoms with Crippen molar-refractivity contribution in [1.29, 1.82) is 0 Å². The van der Waals surface area contributed by atoms with Crippen molar-refractivity contribution in [3.8, 4) is 10.8 Å². The second-order valence-corrected chi connectivity index (χ2v) is 3.25. The van der Waals surface area contributed by atoms with Gasteiger partial charge in [0.1, 0.15) is 0 Å². The molecule has 2 N–H and O–H groups in total. The van der Waals surface area contributed by atoms with Crippen LogP contribution < -0.4 is 5.32 Å². The van der Waals surface area contributed by atoms with Crippen LogP contribution in [0.4, 0.5) is 0 Å². The van der Waals surface area contributed by atoms with E-state index in [9.17, 15) is 9.90 Å². The van der Waals surface area contributed by atoms with Crippen LogP contribution in [0.5, 0.6) is 0 Å². The molecule has 0 saturated carbocycles. The van der Waals surface area contributed by atoms with E-state index in [0.717, 1.165) is 5.56 Å². The number of aliphatic hydroxyl groups excluding tert-OH is 1. The lowest BCUT2D eigenvalue weighted by Gasteiger charge is -2.10. The molecule has 0 aliphatic rings. The predicted octanol–water partition coefficient (Wildman–Crippen LogP) is 1.19. The third kappa shape index (κ3) is 4.15. The van der Waals surface area contributed by atoms with E-state index < -0.39 is 12.0 Å². The largest absolute Gasteiger partial charge is 0.387 e. The van der Waals surface area contributed by atoms with Crippen LogP contribution in [0.2, 0.25) is 0 Å². The Labute approximate surface area is 96.6 Å². The van der Waals surface area contributed by atoms with Gasteiger partial charge < -0.3 is 10.4 Å². The van der Waals surface area contributed by atoms with Crippen molar-refractivity contribution in [1.82, 2.24) is 5.32 Å². The summed E-state index contributed by atoms with van der Waals surface area (Å²) in [5, 5.41) is 12.2. The number of nitrogens with one attached hydrogen (secondary N) is 1. The second kappa shape index (κ2) is 6.23. The average Bonchev–Trinajstić information content (AvgIpc) is 2.27. The third-order valence-electron chi connectivity index (χ3n) is 1.80.